The molecule has 0 aliphatic carbocycles. The Morgan fingerprint density at radius 2 is 1.88 bits per heavy atom. The highest BCUT2D eigenvalue weighted by Gasteiger charge is 2.01. The first-order chi connectivity index (χ1) is 7.83. The largest absolute Gasteiger partial charge is 0.373 e. The number of nitrogens with one attached hydrogen (secondary N) is 1. The number of rotatable bonds is 3. The standard InChI is InChI=1S/C12H13N3S/c1-13-11-7-8-14-12(15-11)9-3-5-10(16-2)6-4-9/h3-8H,1-2H3,(H,13,14,15). The maximum Gasteiger partial charge on any atom is 0.161 e. The highest BCUT2D eigenvalue weighted by Crippen LogP contribution is 2.20. The number of nitrogens with zero attached hydrogens (tertiary/aromatic N) is 2. The SMILES string of the molecule is CNc1ccnc(-c2ccc(SC)cc2)n1. The van der Waals surface area contributed by atoms with Crippen LogP contribution in [0.3, 0.4) is 0 Å². The molecule has 0 atom stereocenters. The van der Waals surface area contributed by atoms with Gasteiger partial charge in [-0.2, -0.15) is 0 Å². The van der Waals surface area contributed by atoms with E-state index in [-0.39, 0.29) is 0 Å². The molecule has 16 heavy (non-hydrogen) atoms. The zero-order chi connectivity index (χ0) is 11.4. The molecule has 1 N–H and O–H groups in total. The minimum atomic E-state index is 0.750. The van der Waals surface area contributed by atoms with Gasteiger partial charge < -0.3 is 5.32 Å². The van der Waals surface area contributed by atoms with Gasteiger partial charge in [-0.05, 0) is 24.5 Å². The molecule has 1 heterocycles. The fourth-order valence-corrected chi connectivity index (χ4v) is 1.79. The molecular weight excluding hydrogens is 218 g/mol. The maximum absolute atomic E-state index is 4.39. The van der Waals surface area contributed by atoms with E-state index in [1.54, 1.807) is 18.0 Å². The second-order valence-electron chi connectivity index (χ2n) is 3.24. The van der Waals surface area contributed by atoms with Crippen molar-refractivity contribution in [2.45, 2.75) is 4.90 Å². The van der Waals surface area contributed by atoms with Crippen LogP contribution in [0.2, 0.25) is 0 Å². The molecule has 2 rings (SSSR count). The number of anilines is 1. The van der Waals surface area contributed by atoms with E-state index in [9.17, 15) is 0 Å². The first-order valence-corrected chi connectivity index (χ1v) is 6.21. The van der Waals surface area contributed by atoms with E-state index in [0.29, 0.717) is 0 Å². The Morgan fingerprint density at radius 3 is 2.50 bits per heavy atom. The van der Waals surface area contributed by atoms with Crippen LogP contribution in [-0.4, -0.2) is 23.3 Å². The van der Waals surface area contributed by atoms with Crippen molar-refractivity contribution in [3.63, 3.8) is 0 Å². The Labute approximate surface area is 99.3 Å². The first-order valence-electron chi connectivity index (χ1n) is 4.98. The van der Waals surface area contributed by atoms with Crippen molar-refractivity contribution in [3.8, 4) is 11.4 Å². The van der Waals surface area contributed by atoms with Crippen LogP contribution in [-0.2, 0) is 0 Å². The topological polar surface area (TPSA) is 37.8 Å². The number of hydrogen-bond donors (Lipinski definition) is 1. The minimum Gasteiger partial charge on any atom is -0.373 e. The van der Waals surface area contributed by atoms with Gasteiger partial charge in [0.05, 0.1) is 0 Å². The molecule has 2 aromatic rings. The molecule has 0 saturated carbocycles. The van der Waals surface area contributed by atoms with Crippen LogP contribution < -0.4 is 5.32 Å². The zero-order valence-electron chi connectivity index (χ0n) is 9.27. The second-order valence-corrected chi connectivity index (χ2v) is 4.12. The molecule has 0 saturated heterocycles. The van der Waals surface area contributed by atoms with Gasteiger partial charge in [0.15, 0.2) is 5.82 Å². The van der Waals surface area contributed by atoms with Gasteiger partial charge in [-0.25, -0.2) is 9.97 Å². The normalized spacial score (nSPS) is 10.1. The molecule has 0 bridgehead atoms. The Hall–Kier alpha value is -1.55. The Morgan fingerprint density at radius 1 is 1.12 bits per heavy atom. The van der Waals surface area contributed by atoms with Gasteiger partial charge in [0.2, 0.25) is 0 Å². The Bertz CT molecular complexity index is 468. The predicted molar refractivity (Wildman–Crippen MR) is 68.8 cm³/mol. The fourth-order valence-electron chi connectivity index (χ4n) is 1.38. The fraction of sp³-hybridized carbons (Fsp3) is 0.167. The molecule has 0 aliphatic rings. The van der Waals surface area contributed by atoms with Gasteiger partial charge >= 0.3 is 0 Å². The average Bonchev–Trinajstić information content (AvgIpc) is 2.39. The molecule has 3 nitrogen and oxygen atoms in total. The summed E-state index contributed by atoms with van der Waals surface area (Å²) in [6.45, 7) is 0. The number of thioether (sulfide) groups is 1. The lowest BCUT2D eigenvalue weighted by Gasteiger charge is -2.03. The molecular formula is C12H13N3S. The summed E-state index contributed by atoms with van der Waals surface area (Å²) in [5.41, 5.74) is 1.04. The van der Waals surface area contributed by atoms with Crippen molar-refractivity contribution < 1.29 is 0 Å². The summed E-state index contributed by atoms with van der Waals surface area (Å²) in [7, 11) is 1.85. The molecule has 0 radical (unpaired) electrons. The summed E-state index contributed by atoms with van der Waals surface area (Å²) in [4.78, 5) is 9.89. The van der Waals surface area contributed by atoms with E-state index in [0.717, 1.165) is 17.2 Å². The summed E-state index contributed by atoms with van der Waals surface area (Å²) in [6.07, 6.45) is 3.82. The summed E-state index contributed by atoms with van der Waals surface area (Å²) >= 11 is 1.73. The van der Waals surface area contributed by atoms with Gasteiger partial charge in [0, 0.05) is 23.7 Å². The molecule has 0 spiro atoms. The third-order valence-electron chi connectivity index (χ3n) is 2.26. The summed E-state index contributed by atoms with van der Waals surface area (Å²) in [6, 6.07) is 10.1. The highest BCUT2D eigenvalue weighted by atomic mass is 32.2. The van der Waals surface area contributed by atoms with Crippen molar-refractivity contribution in [2.24, 2.45) is 0 Å². The molecule has 0 unspecified atom stereocenters. The van der Waals surface area contributed by atoms with Crippen LogP contribution in [0.1, 0.15) is 0 Å². The highest BCUT2D eigenvalue weighted by molar-refractivity contribution is 7.98. The Balaban J connectivity index is 2.34. The molecule has 4 heteroatoms. The van der Waals surface area contributed by atoms with Gasteiger partial charge in [0.25, 0.3) is 0 Å². The van der Waals surface area contributed by atoms with E-state index < -0.39 is 0 Å². The Kier molecular flexibility index (Phi) is 3.41. The smallest absolute Gasteiger partial charge is 0.161 e. The van der Waals surface area contributed by atoms with Crippen LogP contribution in [0.5, 0.6) is 0 Å². The van der Waals surface area contributed by atoms with E-state index in [2.05, 4.69) is 33.7 Å². The van der Waals surface area contributed by atoms with Crippen LogP contribution in [0.15, 0.2) is 41.4 Å². The summed E-state index contributed by atoms with van der Waals surface area (Å²) in [5, 5.41) is 3.00. The van der Waals surface area contributed by atoms with E-state index in [1.165, 1.54) is 4.90 Å². The minimum absolute atomic E-state index is 0.750. The molecule has 0 aliphatic heterocycles. The van der Waals surface area contributed by atoms with Crippen molar-refractivity contribution in [3.05, 3.63) is 36.5 Å². The number of aromatic nitrogens is 2. The lowest BCUT2D eigenvalue weighted by Crippen LogP contribution is -1.95. The summed E-state index contributed by atoms with van der Waals surface area (Å²) < 4.78 is 0. The molecule has 0 amide bonds. The number of benzene rings is 1. The van der Waals surface area contributed by atoms with Crippen molar-refractivity contribution in [1.82, 2.24) is 9.97 Å². The molecule has 82 valence electrons. The van der Waals surface area contributed by atoms with Gasteiger partial charge in [-0.15, -0.1) is 11.8 Å². The number of hydrogen-bond acceptors (Lipinski definition) is 4. The predicted octanol–water partition coefficient (Wildman–Crippen LogP) is 2.91. The van der Waals surface area contributed by atoms with Gasteiger partial charge in [0.1, 0.15) is 5.82 Å². The van der Waals surface area contributed by atoms with Crippen LogP contribution in [0, 0.1) is 0 Å². The van der Waals surface area contributed by atoms with E-state index in [4.69, 9.17) is 0 Å². The monoisotopic (exact) mass is 231 g/mol. The van der Waals surface area contributed by atoms with Crippen LogP contribution >= 0.6 is 11.8 Å². The lowest BCUT2D eigenvalue weighted by molar-refractivity contribution is 1.16. The second kappa shape index (κ2) is 4.99. The zero-order valence-corrected chi connectivity index (χ0v) is 10.1. The third kappa shape index (κ3) is 2.33. The first kappa shape index (κ1) is 11.0. The van der Waals surface area contributed by atoms with E-state index >= 15 is 0 Å². The molecule has 0 fully saturated rings. The van der Waals surface area contributed by atoms with Crippen molar-refractivity contribution in [2.75, 3.05) is 18.6 Å². The van der Waals surface area contributed by atoms with E-state index in [1.807, 2.05) is 25.2 Å². The van der Waals surface area contributed by atoms with Gasteiger partial charge in [-0.3, -0.25) is 0 Å². The van der Waals surface area contributed by atoms with Crippen LogP contribution in [0.25, 0.3) is 11.4 Å². The van der Waals surface area contributed by atoms with Crippen LogP contribution in [0.4, 0.5) is 5.82 Å². The maximum atomic E-state index is 4.39. The van der Waals surface area contributed by atoms with Crippen molar-refractivity contribution >= 4 is 17.6 Å². The average molecular weight is 231 g/mol. The summed E-state index contributed by atoms with van der Waals surface area (Å²) in [5.74, 6) is 1.58. The van der Waals surface area contributed by atoms with Gasteiger partial charge in [-0.1, -0.05) is 12.1 Å². The molecule has 1 aromatic carbocycles. The third-order valence-corrected chi connectivity index (χ3v) is 3.00. The van der Waals surface area contributed by atoms with Crippen molar-refractivity contribution in [1.29, 1.82) is 0 Å². The lowest BCUT2D eigenvalue weighted by atomic mass is 10.2. The quantitative estimate of drug-likeness (QED) is 0.824. The molecule has 1 aromatic heterocycles.